The van der Waals surface area contributed by atoms with Gasteiger partial charge in [-0.2, -0.15) is 0 Å². The van der Waals surface area contributed by atoms with Crippen LogP contribution in [-0.2, 0) is 25.4 Å². The summed E-state index contributed by atoms with van der Waals surface area (Å²) in [5.41, 5.74) is 0.0132. The number of imidazole rings is 1. The standard InChI is InChI=1S/C18H27N5O3S/c1-6-22-16(25)14-15(21(5)18(22)26)19-17(20(14)4)27-10-13(24)23-11(2)8-7-9-12(23)3/h11-12H,6-10H2,1-5H3. The predicted octanol–water partition coefficient (Wildman–Crippen LogP) is 1.34. The van der Waals surface area contributed by atoms with Crippen LogP contribution >= 0.6 is 11.8 Å². The van der Waals surface area contributed by atoms with Crippen molar-refractivity contribution in [3.05, 3.63) is 20.8 Å². The van der Waals surface area contributed by atoms with E-state index in [1.807, 2.05) is 4.90 Å². The zero-order valence-electron chi connectivity index (χ0n) is 16.6. The van der Waals surface area contributed by atoms with Crippen LogP contribution in [0.5, 0.6) is 0 Å². The molecule has 2 aromatic heterocycles. The van der Waals surface area contributed by atoms with Gasteiger partial charge in [-0.05, 0) is 40.0 Å². The number of aromatic nitrogens is 4. The van der Waals surface area contributed by atoms with E-state index in [-0.39, 0.29) is 35.0 Å². The summed E-state index contributed by atoms with van der Waals surface area (Å²) in [6, 6.07) is 0.500. The van der Waals surface area contributed by atoms with Crippen molar-refractivity contribution in [2.45, 2.75) is 63.8 Å². The SMILES string of the molecule is CCn1c(=O)c2c(nc(SCC(=O)N3C(C)CCCC3C)n2C)n(C)c1=O. The van der Waals surface area contributed by atoms with E-state index >= 15 is 0 Å². The normalized spacial score (nSPS) is 20.4. The van der Waals surface area contributed by atoms with Crippen LogP contribution in [0.3, 0.4) is 0 Å². The molecule has 0 saturated carbocycles. The molecule has 0 N–H and O–H groups in total. The second-order valence-corrected chi connectivity index (χ2v) is 8.18. The molecule has 0 bridgehead atoms. The summed E-state index contributed by atoms with van der Waals surface area (Å²) in [5.74, 6) is 0.355. The number of piperidine rings is 1. The third-order valence-corrected chi connectivity index (χ3v) is 6.46. The molecular weight excluding hydrogens is 366 g/mol. The van der Waals surface area contributed by atoms with Gasteiger partial charge in [0.2, 0.25) is 5.91 Å². The lowest BCUT2D eigenvalue weighted by atomic mass is 9.98. The summed E-state index contributed by atoms with van der Waals surface area (Å²) in [7, 11) is 3.36. The van der Waals surface area contributed by atoms with Crippen LogP contribution in [0.4, 0.5) is 0 Å². The smallest absolute Gasteiger partial charge is 0.332 e. The summed E-state index contributed by atoms with van der Waals surface area (Å²) in [4.78, 5) is 44.1. The molecule has 8 nitrogen and oxygen atoms in total. The molecule has 27 heavy (non-hydrogen) atoms. The van der Waals surface area contributed by atoms with Crippen LogP contribution in [0.15, 0.2) is 14.7 Å². The highest BCUT2D eigenvalue weighted by molar-refractivity contribution is 7.99. The Balaban J connectivity index is 1.90. The van der Waals surface area contributed by atoms with E-state index in [2.05, 4.69) is 18.8 Å². The van der Waals surface area contributed by atoms with Gasteiger partial charge in [-0.1, -0.05) is 11.8 Å². The van der Waals surface area contributed by atoms with Crippen LogP contribution in [0, 0.1) is 0 Å². The highest BCUT2D eigenvalue weighted by Gasteiger charge is 2.29. The third-order valence-electron chi connectivity index (χ3n) is 5.44. The molecule has 3 rings (SSSR count). The first-order chi connectivity index (χ1) is 12.8. The van der Waals surface area contributed by atoms with Crippen molar-refractivity contribution < 1.29 is 4.79 Å². The van der Waals surface area contributed by atoms with Crippen molar-refractivity contribution in [3.8, 4) is 0 Å². The maximum atomic E-state index is 12.8. The Kier molecular flexibility index (Phi) is 5.50. The average molecular weight is 394 g/mol. The zero-order valence-corrected chi connectivity index (χ0v) is 17.4. The van der Waals surface area contributed by atoms with Gasteiger partial charge in [-0.3, -0.25) is 18.7 Å². The van der Waals surface area contributed by atoms with E-state index in [9.17, 15) is 14.4 Å². The highest BCUT2D eigenvalue weighted by Crippen LogP contribution is 2.25. The minimum atomic E-state index is -0.378. The number of amides is 1. The summed E-state index contributed by atoms with van der Waals surface area (Å²) >= 11 is 1.31. The van der Waals surface area contributed by atoms with Crippen molar-refractivity contribution in [1.29, 1.82) is 0 Å². The van der Waals surface area contributed by atoms with Gasteiger partial charge < -0.3 is 9.47 Å². The molecule has 2 aromatic rings. The lowest BCUT2D eigenvalue weighted by Gasteiger charge is -2.39. The first kappa shape index (κ1) is 19.7. The molecule has 9 heteroatoms. The maximum Gasteiger partial charge on any atom is 0.332 e. The van der Waals surface area contributed by atoms with Gasteiger partial charge in [0.25, 0.3) is 5.56 Å². The minimum Gasteiger partial charge on any atom is -0.337 e. The lowest BCUT2D eigenvalue weighted by molar-refractivity contribution is -0.134. The number of hydrogen-bond donors (Lipinski definition) is 0. The molecule has 2 atom stereocenters. The monoisotopic (exact) mass is 393 g/mol. The fourth-order valence-electron chi connectivity index (χ4n) is 3.95. The van der Waals surface area contributed by atoms with Gasteiger partial charge >= 0.3 is 5.69 Å². The van der Waals surface area contributed by atoms with Crippen LogP contribution in [-0.4, -0.2) is 47.3 Å². The van der Waals surface area contributed by atoms with Crippen LogP contribution in [0.2, 0.25) is 0 Å². The lowest BCUT2D eigenvalue weighted by Crippen LogP contribution is -2.48. The number of carbonyl (C=O) groups excluding carboxylic acids is 1. The molecule has 0 aliphatic carbocycles. The quantitative estimate of drug-likeness (QED) is 0.732. The first-order valence-corrected chi connectivity index (χ1v) is 10.4. The second kappa shape index (κ2) is 7.53. The number of carbonyl (C=O) groups is 1. The summed E-state index contributed by atoms with van der Waals surface area (Å²) in [6.07, 6.45) is 3.22. The van der Waals surface area contributed by atoms with Crippen molar-refractivity contribution in [2.75, 3.05) is 5.75 Å². The number of nitrogens with zero attached hydrogens (tertiary/aromatic N) is 5. The Morgan fingerprint density at radius 1 is 1.15 bits per heavy atom. The summed E-state index contributed by atoms with van der Waals surface area (Å²) < 4.78 is 4.27. The van der Waals surface area contributed by atoms with Crippen LogP contribution in [0.1, 0.15) is 40.0 Å². The largest absolute Gasteiger partial charge is 0.337 e. The topological polar surface area (TPSA) is 82.1 Å². The Bertz CT molecular complexity index is 980. The van der Waals surface area contributed by atoms with E-state index in [1.54, 1.807) is 25.6 Å². The number of aryl methyl sites for hydroxylation is 2. The van der Waals surface area contributed by atoms with E-state index in [4.69, 9.17) is 0 Å². The molecular formula is C18H27N5O3S. The number of hydrogen-bond acceptors (Lipinski definition) is 5. The third kappa shape index (κ3) is 3.33. The van der Waals surface area contributed by atoms with Crippen LogP contribution in [0.25, 0.3) is 11.2 Å². The van der Waals surface area contributed by atoms with Gasteiger partial charge in [0.05, 0.1) is 5.75 Å². The molecule has 0 spiro atoms. The second-order valence-electron chi connectivity index (χ2n) is 7.24. The summed E-state index contributed by atoms with van der Waals surface area (Å²) in [6.45, 7) is 6.26. The first-order valence-electron chi connectivity index (χ1n) is 9.38. The minimum absolute atomic E-state index is 0.0895. The molecule has 2 unspecified atom stereocenters. The van der Waals surface area contributed by atoms with E-state index in [1.165, 1.54) is 20.9 Å². The van der Waals surface area contributed by atoms with Gasteiger partial charge in [-0.15, -0.1) is 0 Å². The molecule has 148 valence electrons. The van der Waals surface area contributed by atoms with Crippen LogP contribution < -0.4 is 11.2 Å². The molecule has 1 fully saturated rings. The summed E-state index contributed by atoms with van der Waals surface area (Å²) in [5, 5.41) is 0.566. The van der Waals surface area contributed by atoms with E-state index in [0.717, 1.165) is 19.3 Å². The van der Waals surface area contributed by atoms with Crippen molar-refractivity contribution in [2.24, 2.45) is 14.1 Å². The molecule has 1 aliphatic heterocycles. The number of rotatable bonds is 4. The Morgan fingerprint density at radius 2 is 1.78 bits per heavy atom. The Labute approximate surface area is 162 Å². The van der Waals surface area contributed by atoms with E-state index in [0.29, 0.717) is 22.9 Å². The van der Waals surface area contributed by atoms with Gasteiger partial charge in [-0.25, -0.2) is 9.78 Å². The number of thioether (sulfide) groups is 1. The predicted molar refractivity (Wildman–Crippen MR) is 106 cm³/mol. The Morgan fingerprint density at radius 3 is 2.37 bits per heavy atom. The van der Waals surface area contributed by atoms with Crippen molar-refractivity contribution in [1.82, 2.24) is 23.6 Å². The molecule has 3 heterocycles. The Hall–Kier alpha value is -2.03. The number of likely N-dealkylation sites (tertiary alicyclic amines) is 1. The average Bonchev–Trinajstić information content (AvgIpc) is 2.95. The van der Waals surface area contributed by atoms with Gasteiger partial charge in [0.15, 0.2) is 16.3 Å². The van der Waals surface area contributed by atoms with Crippen molar-refractivity contribution in [3.63, 3.8) is 0 Å². The van der Waals surface area contributed by atoms with Gasteiger partial charge in [0.1, 0.15) is 0 Å². The maximum absolute atomic E-state index is 12.8. The molecule has 1 aliphatic rings. The van der Waals surface area contributed by atoms with Crippen molar-refractivity contribution >= 4 is 28.8 Å². The van der Waals surface area contributed by atoms with E-state index < -0.39 is 0 Å². The molecule has 1 saturated heterocycles. The fraction of sp³-hybridized carbons (Fsp3) is 0.667. The molecule has 0 radical (unpaired) electrons. The number of fused-ring (bicyclic) bond motifs is 1. The molecule has 1 amide bonds. The van der Waals surface area contributed by atoms with Gasteiger partial charge in [0, 0.05) is 32.7 Å². The molecule has 0 aromatic carbocycles. The zero-order chi connectivity index (χ0) is 19.9. The highest BCUT2D eigenvalue weighted by atomic mass is 32.2. The fourth-order valence-corrected chi connectivity index (χ4v) is 4.78.